The van der Waals surface area contributed by atoms with Crippen LogP contribution in [0, 0.1) is 19.3 Å². The summed E-state index contributed by atoms with van der Waals surface area (Å²) in [4.78, 5) is 0. The molecule has 1 nitrogen and oxygen atoms in total. The minimum Gasteiger partial charge on any atom is -0.309 e. The number of hydrogen-bond acceptors (Lipinski definition) is 1. The summed E-state index contributed by atoms with van der Waals surface area (Å²) >= 11 is 0. The van der Waals surface area contributed by atoms with Gasteiger partial charge in [0.2, 0.25) is 0 Å². The van der Waals surface area contributed by atoms with Gasteiger partial charge in [-0.15, -0.1) is 0 Å². The van der Waals surface area contributed by atoms with Crippen LogP contribution in [-0.2, 0) is 0 Å². The van der Waals surface area contributed by atoms with Crippen molar-refractivity contribution in [1.29, 1.82) is 0 Å². The van der Waals surface area contributed by atoms with Gasteiger partial charge in [0.1, 0.15) is 0 Å². The summed E-state index contributed by atoms with van der Waals surface area (Å²) in [6.07, 6.45) is 0. The van der Waals surface area contributed by atoms with Crippen molar-refractivity contribution < 1.29 is 0 Å². The normalized spacial score (nSPS) is 24.6. The molecule has 1 N–H and O–H groups in total. The van der Waals surface area contributed by atoms with Crippen LogP contribution >= 0.6 is 0 Å². The molecule has 1 heterocycles. The lowest BCUT2D eigenvalue weighted by atomic mass is 9.74. The van der Waals surface area contributed by atoms with Gasteiger partial charge in [-0.05, 0) is 41.9 Å². The quantitative estimate of drug-likeness (QED) is 0.709. The smallest absolute Gasteiger partial charge is 0.0372 e. The summed E-state index contributed by atoms with van der Waals surface area (Å²) < 4.78 is 0. The SMILES string of the molecule is Cc1cc(C)c2c(c1)C(C(C)(C)C)NCC2C. The first-order valence-corrected chi connectivity index (χ1v) is 6.65. The van der Waals surface area contributed by atoms with E-state index in [1.165, 1.54) is 16.7 Å². The first-order valence-electron chi connectivity index (χ1n) is 6.65. The second kappa shape index (κ2) is 4.13. The fourth-order valence-electron chi connectivity index (χ4n) is 3.20. The summed E-state index contributed by atoms with van der Waals surface area (Å²) in [5, 5.41) is 3.72. The third-order valence-corrected chi connectivity index (χ3v) is 3.86. The Bertz CT molecular complexity index is 426. The molecular weight excluding hydrogens is 206 g/mol. The summed E-state index contributed by atoms with van der Waals surface area (Å²) in [6, 6.07) is 5.17. The van der Waals surface area contributed by atoms with Crippen molar-refractivity contribution in [1.82, 2.24) is 5.32 Å². The summed E-state index contributed by atoms with van der Waals surface area (Å²) in [5.74, 6) is 0.629. The van der Waals surface area contributed by atoms with Gasteiger partial charge in [-0.1, -0.05) is 45.4 Å². The Hall–Kier alpha value is -0.820. The zero-order chi connectivity index (χ0) is 12.8. The maximum Gasteiger partial charge on any atom is 0.0372 e. The van der Waals surface area contributed by atoms with E-state index in [4.69, 9.17) is 0 Å². The molecular formula is C16H25N. The lowest BCUT2D eigenvalue weighted by Crippen LogP contribution is -2.39. The average molecular weight is 231 g/mol. The van der Waals surface area contributed by atoms with E-state index in [1.807, 2.05) is 0 Å². The molecule has 1 aliphatic heterocycles. The zero-order valence-corrected chi connectivity index (χ0v) is 12.0. The Morgan fingerprint density at radius 3 is 2.41 bits per heavy atom. The maximum atomic E-state index is 3.72. The number of aryl methyl sites for hydroxylation is 2. The lowest BCUT2D eigenvalue weighted by Gasteiger charge is -2.40. The van der Waals surface area contributed by atoms with Crippen molar-refractivity contribution in [2.45, 2.75) is 53.5 Å². The molecule has 2 rings (SSSR count). The average Bonchev–Trinajstić information content (AvgIpc) is 2.14. The molecule has 0 aromatic heterocycles. The predicted molar refractivity (Wildman–Crippen MR) is 74.5 cm³/mol. The molecule has 0 radical (unpaired) electrons. The van der Waals surface area contributed by atoms with E-state index in [0.29, 0.717) is 12.0 Å². The molecule has 0 spiro atoms. The Labute approximate surface area is 106 Å². The highest BCUT2D eigenvalue weighted by molar-refractivity contribution is 5.44. The third-order valence-electron chi connectivity index (χ3n) is 3.86. The van der Waals surface area contributed by atoms with Crippen LogP contribution < -0.4 is 5.32 Å². The molecule has 1 heteroatoms. The summed E-state index contributed by atoms with van der Waals surface area (Å²) in [7, 11) is 0. The minimum absolute atomic E-state index is 0.273. The van der Waals surface area contributed by atoms with Crippen LogP contribution in [0.25, 0.3) is 0 Å². The van der Waals surface area contributed by atoms with E-state index >= 15 is 0 Å². The van der Waals surface area contributed by atoms with Crippen molar-refractivity contribution in [2.75, 3.05) is 6.54 Å². The topological polar surface area (TPSA) is 12.0 Å². The van der Waals surface area contributed by atoms with Crippen LogP contribution in [0.3, 0.4) is 0 Å². The number of benzene rings is 1. The molecule has 1 aromatic rings. The van der Waals surface area contributed by atoms with Gasteiger partial charge in [0.25, 0.3) is 0 Å². The van der Waals surface area contributed by atoms with Crippen LogP contribution in [-0.4, -0.2) is 6.54 Å². The van der Waals surface area contributed by atoms with Crippen LogP contribution in [0.4, 0.5) is 0 Å². The van der Waals surface area contributed by atoms with E-state index in [-0.39, 0.29) is 5.41 Å². The zero-order valence-electron chi connectivity index (χ0n) is 12.0. The summed E-state index contributed by atoms with van der Waals surface area (Å²) in [6.45, 7) is 14.8. The standard InChI is InChI=1S/C16H25N/c1-10-7-11(2)14-12(3)9-17-15(13(14)8-10)16(4,5)6/h7-8,12,15,17H,9H2,1-6H3. The first-order chi connectivity index (χ1) is 7.80. The minimum atomic E-state index is 0.273. The Balaban J connectivity index is 2.59. The number of hydrogen-bond donors (Lipinski definition) is 1. The molecule has 1 aromatic carbocycles. The van der Waals surface area contributed by atoms with Crippen LogP contribution in [0.15, 0.2) is 12.1 Å². The molecule has 0 fully saturated rings. The highest BCUT2D eigenvalue weighted by Gasteiger charge is 2.33. The van der Waals surface area contributed by atoms with Crippen molar-refractivity contribution in [3.05, 3.63) is 34.4 Å². The molecule has 0 aliphatic carbocycles. The first kappa shape index (κ1) is 12.6. The van der Waals surface area contributed by atoms with Gasteiger partial charge in [0.05, 0.1) is 0 Å². The largest absolute Gasteiger partial charge is 0.309 e. The monoisotopic (exact) mass is 231 g/mol. The second-order valence-corrected chi connectivity index (χ2v) is 6.69. The molecule has 0 saturated heterocycles. The fourth-order valence-corrected chi connectivity index (χ4v) is 3.20. The highest BCUT2D eigenvalue weighted by atomic mass is 14.9. The van der Waals surface area contributed by atoms with Gasteiger partial charge in [0.15, 0.2) is 0 Å². The van der Waals surface area contributed by atoms with Crippen LogP contribution in [0.5, 0.6) is 0 Å². The second-order valence-electron chi connectivity index (χ2n) is 6.69. The Kier molecular flexibility index (Phi) is 3.07. The van der Waals surface area contributed by atoms with Gasteiger partial charge in [-0.25, -0.2) is 0 Å². The predicted octanol–water partition coefficient (Wildman–Crippen LogP) is 4.10. The molecule has 2 unspecified atom stereocenters. The van der Waals surface area contributed by atoms with Crippen LogP contribution in [0.2, 0.25) is 0 Å². The van der Waals surface area contributed by atoms with E-state index in [2.05, 4.69) is 59.0 Å². The number of nitrogens with one attached hydrogen (secondary N) is 1. The van der Waals surface area contributed by atoms with Gasteiger partial charge in [0, 0.05) is 12.6 Å². The van der Waals surface area contributed by atoms with Crippen molar-refractivity contribution in [3.8, 4) is 0 Å². The van der Waals surface area contributed by atoms with Gasteiger partial charge < -0.3 is 5.32 Å². The maximum absolute atomic E-state index is 3.72. The van der Waals surface area contributed by atoms with Crippen molar-refractivity contribution in [3.63, 3.8) is 0 Å². The Morgan fingerprint density at radius 1 is 1.18 bits per heavy atom. The van der Waals surface area contributed by atoms with E-state index < -0.39 is 0 Å². The number of fused-ring (bicyclic) bond motifs is 1. The molecule has 2 atom stereocenters. The number of rotatable bonds is 0. The molecule has 94 valence electrons. The summed E-state index contributed by atoms with van der Waals surface area (Å²) in [5.41, 5.74) is 6.22. The fraction of sp³-hybridized carbons (Fsp3) is 0.625. The van der Waals surface area contributed by atoms with Crippen molar-refractivity contribution >= 4 is 0 Å². The van der Waals surface area contributed by atoms with Crippen molar-refractivity contribution in [2.24, 2.45) is 5.41 Å². The van der Waals surface area contributed by atoms with E-state index in [0.717, 1.165) is 6.54 Å². The third kappa shape index (κ3) is 2.26. The molecule has 0 saturated carbocycles. The Morgan fingerprint density at radius 2 is 1.82 bits per heavy atom. The van der Waals surface area contributed by atoms with E-state index in [1.54, 1.807) is 5.56 Å². The van der Waals surface area contributed by atoms with Gasteiger partial charge >= 0.3 is 0 Å². The molecule has 0 bridgehead atoms. The van der Waals surface area contributed by atoms with Gasteiger partial charge in [-0.2, -0.15) is 0 Å². The molecule has 17 heavy (non-hydrogen) atoms. The van der Waals surface area contributed by atoms with Crippen LogP contribution in [0.1, 0.15) is 61.9 Å². The highest BCUT2D eigenvalue weighted by Crippen LogP contribution is 2.41. The van der Waals surface area contributed by atoms with E-state index in [9.17, 15) is 0 Å². The molecule has 1 aliphatic rings. The lowest BCUT2D eigenvalue weighted by molar-refractivity contribution is 0.255. The molecule has 0 amide bonds. The van der Waals surface area contributed by atoms with Gasteiger partial charge in [-0.3, -0.25) is 0 Å².